The van der Waals surface area contributed by atoms with Gasteiger partial charge in [0.2, 0.25) is 0 Å². The van der Waals surface area contributed by atoms with Crippen molar-refractivity contribution in [3.63, 3.8) is 0 Å². The fourth-order valence-corrected chi connectivity index (χ4v) is 1.67. The van der Waals surface area contributed by atoms with Gasteiger partial charge in [0.25, 0.3) is 5.56 Å². The molecule has 0 bridgehead atoms. The minimum Gasteiger partial charge on any atom is -0.456 e. The van der Waals surface area contributed by atoms with Crippen LogP contribution in [0.1, 0.15) is 0 Å². The smallest absolute Gasteiger partial charge is 0.261 e. The summed E-state index contributed by atoms with van der Waals surface area (Å²) in [6, 6.07) is 5.80. The molecule has 84 valence electrons. The zero-order chi connectivity index (χ0) is 11.8. The summed E-state index contributed by atoms with van der Waals surface area (Å²) in [4.78, 5) is 17.8. The van der Waals surface area contributed by atoms with Crippen LogP contribution in [0.2, 0.25) is 0 Å². The Kier molecular flexibility index (Phi) is 2.04. The Balaban J connectivity index is 2.25. The van der Waals surface area contributed by atoms with Gasteiger partial charge in [-0.2, -0.15) is 0 Å². The van der Waals surface area contributed by atoms with E-state index in [-0.39, 0.29) is 11.4 Å². The quantitative estimate of drug-likeness (QED) is 0.697. The first-order valence-electron chi connectivity index (χ1n) is 4.96. The predicted molar refractivity (Wildman–Crippen MR) is 60.0 cm³/mol. The Morgan fingerprint density at radius 1 is 1.29 bits per heavy atom. The number of nitrogens with one attached hydrogen (secondary N) is 1. The van der Waals surface area contributed by atoms with E-state index in [9.17, 15) is 9.18 Å². The monoisotopic (exact) mass is 230 g/mol. The van der Waals surface area contributed by atoms with Gasteiger partial charge in [0.1, 0.15) is 22.7 Å². The number of aromatic nitrogens is 2. The third-order valence-corrected chi connectivity index (χ3v) is 2.46. The van der Waals surface area contributed by atoms with Gasteiger partial charge in [-0.3, -0.25) is 4.79 Å². The van der Waals surface area contributed by atoms with Gasteiger partial charge < -0.3 is 9.40 Å². The van der Waals surface area contributed by atoms with Crippen LogP contribution in [0, 0.1) is 5.82 Å². The first-order valence-corrected chi connectivity index (χ1v) is 4.96. The predicted octanol–water partition coefficient (Wildman–Crippen LogP) is 2.32. The minimum atomic E-state index is -0.343. The van der Waals surface area contributed by atoms with Gasteiger partial charge in [-0.05, 0) is 24.3 Å². The maximum absolute atomic E-state index is 13.0. The average Bonchev–Trinajstić information content (AvgIpc) is 2.72. The summed E-state index contributed by atoms with van der Waals surface area (Å²) in [5, 5.41) is 0.614. The molecule has 1 N–H and O–H groups in total. The summed E-state index contributed by atoms with van der Waals surface area (Å²) >= 11 is 0. The van der Waals surface area contributed by atoms with Gasteiger partial charge in [-0.1, -0.05) is 0 Å². The fraction of sp³-hybridized carbons (Fsp3) is 0. The highest BCUT2D eigenvalue weighted by Gasteiger charge is 2.10. The molecule has 0 atom stereocenters. The highest BCUT2D eigenvalue weighted by molar-refractivity contribution is 5.82. The van der Waals surface area contributed by atoms with Crippen molar-refractivity contribution in [3.8, 4) is 11.3 Å². The molecule has 2 heterocycles. The number of furan rings is 1. The van der Waals surface area contributed by atoms with Crippen LogP contribution in [0.25, 0.3) is 22.3 Å². The minimum absolute atomic E-state index is 0.292. The molecule has 0 aliphatic rings. The van der Waals surface area contributed by atoms with E-state index in [0.717, 1.165) is 0 Å². The van der Waals surface area contributed by atoms with E-state index in [1.165, 1.54) is 30.7 Å². The Bertz CT molecular complexity index is 745. The molecule has 2 aromatic heterocycles. The van der Waals surface area contributed by atoms with Crippen molar-refractivity contribution >= 4 is 11.0 Å². The lowest BCUT2D eigenvalue weighted by Gasteiger charge is -1.92. The number of aromatic amines is 1. The number of fused-ring (bicyclic) bond motifs is 1. The molecule has 5 heteroatoms. The van der Waals surface area contributed by atoms with E-state index in [1.807, 2.05) is 0 Å². The number of benzene rings is 1. The van der Waals surface area contributed by atoms with Crippen LogP contribution in [0.15, 0.2) is 46.0 Å². The summed E-state index contributed by atoms with van der Waals surface area (Å²) in [7, 11) is 0. The van der Waals surface area contributed by atoms with Gasteiger partial charge in [0.15, 0.2) is 0 Å². The van der Waals surface area contributed by atoms with Gasteiger partial charge in [0.05, 0.1) is 6.33 Å². The van der Waals surface area contributed by atoms with Crippen molar-refractivity contribution in [1.82, 2.24) is 9.97 Å². The van der Waals surface area contributed by atoms with Gasteiger partial charge in [0, 0.05) is 11.6 Å². The highest BCUT2D eigenvalue weighted by atomic mass is 19.1. The van der Waals surface area contributed by atoms with Crippen LogP contribution < -0.4 is 5.56 Å². The molecule has 1 aromatic carbocycles. The molecule has 0 saturated carbocycles. The van der Waals surface area contributed by atoms with Gasteiger partial charge in [-0.25, -0.2) is 9.37 Å². The first kappa shape index (κ1) is 9.77. The number of hydrogen-bond donors (Lipinski definition) is 1. The molecule has 0 saturated heterocycles. The maximum Gasteiger partial charge on any atom is 0.261 e. The third-order valence-electron chi connectivity index (χ3n) is 2.46. The molecule has 0 unspecified atom stereocenters. The van der Waals surface area contributed by atoms with Crippen LogP contribution in [-0.2, 0) is 0 Å². The molecule has 0 aliphatic carbocycles. The average molecular weight is 230 g/mol. The van der Waals surface area contributed by atoms with Gasteiger partial charge >= 0.3 is 0 Å². The van der Waals surface area contributed by atoms with Crippen molar-refractivity contribution in [2.45, 2.75) is 0 Å². The standard InChI is InChI=1S/C12H7FN2O2/c13-8-1-2-10-7(3-8)4-11(17-10)9-5-14-6-15-12(9)16/h1-6H,(H,14,15,16). The second-order valence-corrected chi connectivity index (χ2v) is 3.59. The van der Waals surface area contributed by atoms with Crippen molar-refractivity contribution in [2.75, 3.05) is 0 Å². The number of rotatable bonds is 1. The van der Waals surface area contributed by atoms with E-state index in [2.05, 4.69) is 9.97 Å². The molecule has 0 radical (unpaired) electrons. The molecule has 0 fully saturated rings. The Labute approximate surface area is 94.7 Å². The summed E-state index contributed by atoms with van der Waals surface area (Å²) < 4.78 is 18.5. The summed E-state index contributed by atoms with van der Waals surface area (Å²) in [6.45, 7) is 0. The van der Waals surface area contributed by atoms with Crippen molar-refractivity contribution in [1.29, 1.82) is 0 Å². The van der Waals surface area contributed by atoms with Gasteiger partial charge in [-0.15, -0.1) is 0 Å². The molecular formula is C12H7FN2O2. The molecule has 4 nitrogen and oxygen atoms in total. The molecule has 0 aliphatic heterocycles. The fourth-order valence-electron chi connectivity index (χ4n) is 1.67. The van der Waals surface area contributed by atoms with Crippen molar-refractivity contribution < 1.29 is 8.81 Å². The van der Waals surface area contributed by atoms with Crippen LogP contribution >= 0.6 is 0 Å². The molecular weight excluding hydrogens is 223 g/mol. The summed E-state index contributed by atoms with van der Waals surface area (Å²) in [5.74, 6) is 0.0323. The van der Waals surface area contributed by atoms with Crippen LogP contribution in [0.5, 0.6) is 0 Å². The summed E-state index contributed by atoms with van der Waals surface area (Å²) in [5.41, 5.74) is 0.563. The SMILES string of the molecule is O=c1[nH]cncc1-c1cc2cc(F)ccc2o1. The lowest BCUT2D eigenvalue weighted by atomic mass is 10.2. The number of halogens is 1. The van der Waals surface area contributed by atoms with E-state index in [1.54, 1.807) is 6.07 Å². The molecule has 0 amide bonds. The Morgan fingerprint density at radius 3 is 3.00 bits per heavy atom. The first-order chi connectivity index (χ1) is 8.24. The van der Waals surface area contributed by atoms with Crippen LogP contribution in [0.3, 0.4) is 0 Å². The second-order valence-electron chi connectivity index (χ2n) is 3.59. The molecule has 17 heavy (non-hydrogen) atoms. The third kappa shape index (κ3) is 1.61. The van der Waals surface area contributed by atoms with E-state index >= 15 is 0 Å². The molecule has 3 rings (SSSR count). The Hall–Kier alpha value is -2.43. The zero-order valence-corrected chi connectivity index (χ0v) is 8.61. The van der Waals surface area contributed by atoms with E-state index in [0.29, 0.717) is 22.3 Å². The number of nitrogens with zero attached hydrogens (tertiary/aromatic N) is 1. The lowest BCUT2D eigenvalue weighted by molar-refractivity contribution is 0.618. The van der Waals surface area contributed by atoms with Crippen molar-refractivity contribution in [3.05, 3.63) is 53.0 Å². The maximum atomic E-state index is 13.0. The number of hydrogen-bond acceptors (Lipinski definition) is 3. The molecule has 0 spiro atoms. The largest absolute Gasteiger partial charge is 0.456 e. The number of H-pyrrole nitrogens is 1. The van der Waals surface area contributed by atoms with Crippen molar-refractivity contribution in [2.24, 2.45) is 0 Å². The summed E-state index contributed by atoms with van der Waals surface area (Å²) in [6.07, 6.45) is 2.71. The normalized spacial score (nSPS) is 10.9. The highest BCUT2D eigenvalue weighted by Crippen LogP contribution is 2.25. The molecule has 3 aromatic rings. The Morgan fingerprint density at radius 2 is 2.18 bits per heavy atom. The van der Waals surface area contributed by atoms with Crippen LogP contribution in [0.4, 0.5) is 4.39 Å². The second kappa shape index (κ2) is 3.55. The lowest BCUT2D eigenvalue weighted by Crippen LogP contribution is -2.07. The van der Waals surface area contributed by atoms with Crippen LogP contribution in [-0.4, -0.2) is 9.97 Å². The van der Waals surface area contributed by atoms with E-state index < -0.39 is 0 Å². The van der Waals surface area contributed by atoms with E-state index in [4.69, 9.17) is 4.42 Å². The zero-order valence-electron chi connectivity index (χ0n) is 8.61. The topological polar surface area (TPSA) is 58.9 Å².